The topological polar surface area (TPSA) is 24.5 Å². The Morgan fingerprint density at radius 2 is 2.06 bits per heavy atom. The van der Waals surface area contributed by atoms with Crippen LogP contribution in [0.25, 0.3) is 0 Å². The lowest BCUT2D eigenvalue weighted by Crippen LogP contribution is -2.28. The minimum atomic E-state index is 0.725. The van der Waals surface area contributed by atoms with Crippen LogP contribution in [0.15, 0.2) is 18.2 Å². The molecule has 3 nitrogen and oxygen atoms in total. The van der Waals surface area contributed by atoms with E-state index in [0.29, 0.717) is 0 Å². The molecule has 0 radical (unpaired) electrons. The molecule has 0 aliphatic heterocycles. The van der Waals surface area contributed by atoms with Crippen LogP contribution in [-0.4, -0.2) is 38.2 Å². The summed E-state index contributed by atoms with van der Waals surface area (Å²) in [6.07, 6.45) is 0. The van der Waals surface area contributed by atoms with Gasteiger partial charge in [0.2, 0.25) is 0 Å². The van der Waals surface area contributed by atoms with Crippen LogP contribution in [0.2, 0.25) is 0 Å². The summed E-state index contributed by atoms with van der Waals surface area (Å²) in [5, 5.41) is 3.34. The van der Waals surface area contributed by atoms with E-state index in [4.69, 9.17) is 4.74 Å². The standard InChI is InChI=1S/C15H26N2O/c1-5-16-9-10-17(4)12-14-7-8-15(18-6-2)13(3)11-14/h7-8,11,16H,5-6,9-10,12H2,1-4H3. The lowest BCUT2D eigenvalue weighted by atomic mass is 10.1. The normalized spacial score (nSPS) is 10.9. The molecule has 0 aliphatic rings. The van der Waals surface area contributed by atoms with Gasteiger partial charge in [-0.2, -0.15) is 0 Å². The second-order valence-electron chi connectivity index (χ2n) is 4.62. The first-order valence-electron chi connectivity index (χ1n) is 6.79. The molecule has 1 aromatic rings. The van der Waals surface area contributed by atoms with Gasteiger partial charge in [-0.3, -0.25) is 0 Å². The predicted molar refractivity (Wildman–Crippen MR) is 77.2 cm³/mol. The monoisotopic (exact) mass is 250 g/mol. The molecule has 0 saturated carbocycles. The molecule has 0 atom stereocenters. The van der Waals surface area contributed by atoms with Gasteiger partial charge in [-0.05, 0) is 44.6 Å². The Hall–Kier alpha value is -1.06. The first-order chi connectivity index (χ1) is 8.67. The van der Waals surface area contributed by atoms with Crippen LogP contribution in [0.4, 0.5) is 0 Å². The van der Waals surface area contributed by atoms with Crippen LogP contribution < -0.4 is 10.1 Å². The SMILES string of the molecule is CCNCCN(C)Cc1ccc(OCC)c(C)c1. The number of rotatable bonds is 8. The summed E-state index contributed by atoms with van der Waals surface area (Å²) in [7, 11) is 2.16. The molecular weight excluding hydrogens is 224 g/mol. The molecule has 1 N–H and O–H groups in total. The summed E-state index contributed by atoms with van der Waals surface area (Å²) < 4.78 is 5.55. The predicted octanol–water partition coefficient (Wildman–Crippen LogP) is 2.44. The minimum absolute atomic E-state index is 0.725. The van der Waals surface area contributed by atoms with Gasteiger partial charge in [0.15, 0.2) is 0 Å². The first kappa shape index (κ1) is 15.0. The number of hydrogen-bond donors (Lipinski definition) is 1. The summed E-state index contributed by atoms with van der Waals surface area (Å²) in [5.74, 6) is 0.997. The van der Waals surface area contributed by atoms with Crippen LogP contribution in [-0.2, 0) is 6.54 Å². The van der Waals surface area contributed by atoms with E-state index in [-0.39, 0.29) is 0 Å². The van der Waals surface area contributed by atoms with Gasteiger partial charge in [-0.15, -0.1) is 0 Å². The molecule has 0 aromatic heterocycles. The van der Waals surface area contributed by atoms with Crippen LogP contribution in [0.5, 0.6) is 5.75 Å². The third-order valence-corrected chi connectivity index (χ3v) is 2.91. The van der Waals surface area contributed by atoms with Crippen molar-refractivity contribution in [1.82, 2.24) is 10.2 Å². The van der Waals surface area contributed by atoms with Gasteiger partial charge in [0.1, 0.15) is 5.75 Å². The van der Waals surface area contributed by atoms with E-state index in [9.17, 15) is 0 Å². The Morgan fingerprint density at radius 1 is 1.28 bits per heavy atom. The smallest absolute Gasteiger partial charge is 0.122 e. The van der Waals surface area contributed by atoms with E-state index in [1.807, 2.05) is 6.92 Å². The molecule has 18 heavy (non-hydrogen) atoms. The fraction of sp³-hybridized carbons (Fsp3) is 0.600. The summed E-state index contributed by atoms with van der Waals surface area (Å²) in [4.78, 5) is 2.33. The second-order valence-corrected chi connectivity index (χ2v) is 4.62. The van der Waals surface area contributed by atoms with E-state index < -0.39 is 0 Å². The van der Waals surface area contributed by atoms with Crippen LogP contribution >= 0.6 is 0 Å². The zero-order valence-electron chi connectivity index (χ0n) is 12.1. The van der Waals surface area contributed by atoms with Crippen molar-refractivity contribution in [2.75, 3.05) is 33.3 Å². The number of likely N-dealkylation sites (N-methyl/N-ethyl adjacent to an activating group) is 2. The quantitative estimate of drug-likeness (QED) is 0.717. The largest absolute Gasteiger partial charge is 0.494 e. The molecular formula is C15H26N2O. The van der Waals surface area contributed by atoms with Crippen molar-refractivity contribution < 1.29 is 4.74 Å². The number of aryl methyl sites for hydroxylation is 1. The molecule has 0 heterocycles. The molecule has 0 fully saturated rings. The van der Waals surface area contributed by atoms with Crippen molar-refractivity contribution in [3.8, 4) is 5.75 Å². The molecule has 0 aliphatic carbocycles. The number of ether oxygens (including phenoxy) is 1. The van der Waals surface area contributed by atoms with Crippen LogP contribution in [0.1, 0.15) is 25.0 Å². The van der Waals surface area contributed by atoms with Gasteiger partial charge < -0.3 is 15.0 Å². The number of benzene rings is 1. The maximum atomic E-state index is 5.55. The summed E-state index contributed by atoms with van der Waals surface area (Å²) in [6.45, 7) is 11.1. The average Bonchev–Trinajstić information content (AvgIpc) is 2.33. The van der Waals surface area contributed by atoms with E-state index in [1.54, 1.807) is 0 Å². The lowest BCUT2D eigenvalue weighted by Gasteiger charge is -2.17. The van der Waals surface area contributed by atoms with Gasteiger partial charge in [0.25, 0.3) is 0 Å². The molecule has 1 rings (SSSR count). The van der Waals surface area contributed by atoms with E-state index >= 15 is 0 Å². The van der Waals surface area contributed by atoms with Crippen LogP contribution in [0.3, 0.4) is 0 Å². The fourth-order valence-electron chi connectivity index (χ4n) is 1.96. The molecule has 0 amide bonds. The third kappa shape index (κ3) is 5.07. The van der Waals surface area contributed by atoms with Gasteiger partial charge in [0.05, 0.1) is 6.61 Å². The molecule has 1 aromatic carbocycles. The van der Waals surface area contributed by atoms with Crippen LogP contribution in [0, 0.1) is 6.92 Å². The van der Waals surface area contributed by atoms with Crippen molar-refractivity contribution in [3.05, 3.63) is 29.3 Å². The fourth-order valence-corrected chi connectivity index (χ4v) is 1.96. The van der Waals surface area contributed by atoms with E-state index in [2.05, 4.69) is 49.3 Å². The van der Waals surface area contributed by atoms with Gasteiger partial charge >= 0.3 is 0 Å². The molecule has 102 valence electrons. The summed E-state index contributed by atoms with van der Waals surface area (Å²) in [5.41, 5.74) is 2.56. The Kier molecular flexibility index (Phi) is 6.76. The highest BCUT2D eigenvalue weighted by Crippen LogP contribution is 2.19. The zero-order chi connectivity index (χ0) is 13.4. The van der Waals surface area contributed by atoms with Crippen molar-refractivity contribution in [1.29, 1.82) is 0 Å². The van der Waals surface area contributed by atoms with Crippen molar-refractivity contribution in [2.24, 2.45) is 0 Å². The van der Waals surface area contributed by atoms with Crippen molar-refractivity contribution >= 4 is 0 Å². The van der Waals surface area contributed by atoms with E-state index in [0.717, 1.165) is 38.5 Å². The highest BCUT2D eigenvalue weighted by Gasteiger charge is 2.03. The van der Waals surface area contributed by atoms with Gasteiger partial charge in [0, 0.05) is 19.6 Å². The van der Waals surface area contributed by atoms with Gasteiger partial charge in [-0.25, -0.2) is 0 Å². The Balaban J connectivity index is 2.49. The summed E-state index contributed by atoms with van der Waals surface area (Å²) in [6, 6.07) is 6.45. The molecule has 0 bridgehead atoms. The first-order valence-corrected chi connectivity index (χ1v) is 6.79. The maximum absolute atomic E-state index is 5.55. The number of hydrogen-bond acceptors (Lipinski definition) is 3. The Morgan fingerprint density at radius 3 is 2.67 bits per heavy atom. The Labute approximate surface area is 111 Å². The van der Waals surface area contributed by atoms with E-state index in [1.165, 1.54) is 11.1 Å². The van der Waals surface area contributed by atoms with Gasteiger partial charge in [-0.1, -0.05) is 19.1 Å². The highest BCUT2D eigenvalue weighted by molar-refractivity contribution is 5.36. The van der Waals surface area contributed by atoms with Crippen molar-refractivity contribution in [3.63, 3.8) is 0 Å². The van der Waals surface area contributed by atoms with Crippen molar-refractivity contribution in [2.45, 2.75) is 27.3 Å². The zero-order valence-corrected chi connectivity index (χ0v) is 12.1. The molecule has 0 unspecified atom stereocenters. The summed E-state index contributed by atoms with van der Waals surface area (Å²) >= 11 is 0. The molecule has 3 heteroatoms. The number of nitrogens with zero attached hydrogens (tertiary/aromatic N) is 1. The third-order valence-electron chi connectivity index (χ3n) is 2.91. The minimum Gasteiger partial charge on any atom is -0.494 e. The molecule has 0 spiro atoms. The highest BCUT2D eigenvalue weighted by atomic mass is 16.5. The maximum Gasteiger partial charge on any atom is 0.122 e. The lowest BCUT2D eigenvalue weighted by molar-refractivity contribution is 0.323. The molecule has 0 saturated heterocycles. The Bertz CT molecular complexity index is 352. The second kappa shape index (κ2) is 8.11. The average molecular weight is 250 g/mol. The number of nitrogens with one attached hydrogen (secondary N) is 1.